The second-order valence-corrected chi connectivity index (χ2v) is 6.00. The van der Waals surface area contributed by atoms with E-state index in [0.717, 1.165) is 19.3 Å². The quantitative estimate of drug-likeness (QED) is 0.792. The highest BCUT2D eigenvalue weighted by Crippen LogP contribution is 2.23. The molecule has 0 spiro atoms. The number of aromatic nitrogens is 2. The summed E-state index contributed by atoms with van der Waals surface area (Å²) < 4.78 is 5.02. The summed E-state index contributed by atoms with van der Waals surface area (Å²) in [5.74, 6) is 0.192. The molecule has 126 valence electrons. The molecule has 2 atom stereocenters. The third kappa shape index (κ3) is 5.50. The van der Waals surface area contributed by atoms with Gasteiger partial charge in [-0.25, -0.2) is 9.97 Å². The Balaban J connectivity index is 1.70. The molecule has 23 heavy (non-hydrogen) atoms. The number of ether oxygens (including phenoxy) is 1. The molecule has 1 fully saturated rings. The van der Waals surface area contributed by atoms with Crippen molar-refractivity contribution in [3.05, 3.63) is 18.5 Å². The van der Waals surface area contributed by atoms with E-state index >= 15 is 0 Å². The fourth-order valence-corrected chi connectivity index (χ4v) is 2.72. The Morgan fingerprint density at radius 3 is 2.70 bits per heavy atom. The molecule has 0 aliphatic heterocycles. The molecular weight excluding hydrogens is 296 g/mol. The first-order valence-corrected chi connectivity index (χ1v) is 7.99. The highest BCUT2D eigenvalue weighted by Gasteiger charge is 2.23. The van der Waals surface area contributed by atoms with Crippen LogP contribution in [0.3, 0.4) is 0 Å². The van der Waals surface area contributed by atoms with Gasteiger partial charge < -0.3 is 15.0 Å². The number of likely N-dealkylation sites (N-methyl/N-ethyl adjacent to an activating group) is 1. The van der Waals surface area contributed by atoms with Crippen molar-refractivity contribution in [2.24, 2.45) is 5.92 Å². The van der Waals surface area contributed by atoms with Crippen LogP contribution in [0.15, 0.2) is 18.5 Å². The molecular formula is C16H24N4O3. The molecule has 1 aliphatic rings. The van der Waals surface area contributed by atoms with E-state index in [2.05, 4.69) is 22.2 Å². The summed E-state index contributed by atoms with van der Waals surface area (Å²) in [7, 11) is 1.69. The van der Waals surface area contributed by atoms with E-state index in [1.54, 1.807) is 30.4 Å². The molecule has 2 rings (SSSR count). The molecule has 0 bridgehead atoms. The van der Waals surface area contributed by atoms with Gasteiger partial charge in [-0.1, -0.05) is 19.8 Å². The number of rotatable bonds is 6. The molecule has 7 nitrogen and oxygen atoms in total. The lowest BCUT2D eigenvalue weighted by molar-refractivity contribution is -0.147. The zero-order valence-corrected chi connectivity index (χ0v) is 13.7. The number of anilines is 1. The van der Waals surface area contributed by atoms with E-state index < -0.39 is 5.97 Å². The summed E-state index contributed by atoms with van der Waals surface area (Å²) in [5, 5.41) is 2.95. The Morgan fingerprint density at radius 1 is 1.30 bits per heavy atom. The van der Waals surface area contributed by atoms with E-state index in [-0.39, 0.29) is 25.1 Å². The summed E-state index contributed by atoms with van der Waals surface area (Å²) >= 11 is 0. The van der Waals surface area contributed by atoms with Crippen molar-refractivity contribution in [1.29, 1.82) is 0 Å². The maximum Gasteiger partial charge on any atom is 0.326 e. The van der Waals surface area contributed by atoms with Crippen molar-refractivity contribution in [3.63, 3.8) is 0 Å². The summed E-state index contributed by atoms with van der Waals surface area (Å²) in [5.41, 5.74) is 0. The van der Waals surface area contributed by atoms with E-state index in [9.17, 15) is 9.59 Å². The van der Waals surface area contributed by atoms with Gasteiger partial charge in [-0.3, -0.25) is 9.59 Å². The van der Waals surface area contributed by atoms with Gasteiger partial charge in [0.05, 0.1) is 0 Å². The molecule has 1 heterocycles. The van der Waals surface area contributed by atoms with Crippen molar-refractivity contribution in [1.82, 2.24) is 15.3 Å². The molecule has 0 saturated heterocycles. The molecule has 1 aromatic heterocycles. The minimum Gasteiger partial charge on any atom is -0.454 e. The summed E-state index contributed by atoms with van der Waals surface area (Å²) in [4.78, 5) is 33.3. The third-order valence-electron chi connectivity index (χ3n) is 4.08. The van der Waals surface area contributed by atoms with Crippen molar-refractivity contribution >= 4 is 17.8 Å². The third-order valence-corrected chi connectivity index (χ3v) is 4.08. The number of nitrogens with zero attached hydrogens (tertiary/aromatic N) is 3. The maximum absolute atomic E-state index is 11.9. The number of hydrogen-bond acceptors (Lipinski definition) is 6. The van der Waals surface area contributed by atoms with Crippen LogP contribution in [0.2, 0.25) is 0 Å². The smallest absolute Gasteiger partial charge is 0.326 e. The molecule has 1 N–H and O–H groups in total. The molecule has 0 aromatic carbocycles. The van der Waals surface area contributed by atoms with E-state index in [4.69, 9.17) is 4.74 Å². The van der Waals surface area contributed by atoms with Gasteiger partial charge in [0.15, 0.2) is 6.61 Å². The van der Waals surface area contributed by atoms with Crippen LogP contribution in [0, 0.1) is 5.92 Å². The van der Waals surface area contributed by atoms with Gasteiger partial charge in [-0.2, -0.15) is 0 Å². The first-order valence-electron chi connectivity index (χ1n) is 7.99. The molecule has 1 aliphatic carbocycles. The molecule has 1 amide bonds. The second-order valence-electron chi connectivity index (χ2n) is 6.00. The van der Waals surface area contributed by atoms with Gasteiger partial charge in [0.25, 0.3) is 5.91 Å². The predicted octanol–water partition coefficient (Wildman–Crippen LogP) is 1.15. The number of hydrogen-bond donors (Lipinski definition) is 1. The summed E-state index contributed by atoms with van der Waals surface area (Å²) in [6, 6.07) is 1.89. The average Bonchev–Trinajstić information content (AvgIpc) is 2.56. The van der Waals surface area contributed by atoms with Gasteiger partial charge in [-0.15, -0.1) is 0 Å². The standard InChI is InChI=1S/C16H24N4O3/c1-12-6-3-4-7-13(12)19-14(21)11-23-15(22)10-20(2)16-17-8-5-9-18-16/h5,8-9,12-13H,3-4,6-7,10-11H2,1-2H3,(H,19,21). The van der Waals surface area contributed by atoms with Gasteiger partial charge in [0, 0.05) is 25.5 Å². The zero-order valence-electron chi connectivity index (χ0n) is 13.7. The van der Waals surface area contributed by atoms with E-state index in [0.29, 0.717) is 11.9 Å². The van der Waals surface area contributed by atoms with Crippen molar-refractivity contribution < 1.29 is 14.3 Å². The van der Waals surface area contributed by atoms with Crippen LogP contribution >= 0.6 is 0 Å². The van der Waals surface area contributed by atoms with E-state index in [1.165, 1.54) is 6.42 Å². The van der Waals surface area contributed by atoms with Crippen LogP contribution in [0.1, 0.15) is 32.6 Å². The van der Waals surface area contributed by atoms with Crippen LogP contribution in [0.25, 0.3) is 0 Å². The number of esters is 1. The Hall–Kier alpha value is -2.18. The Kier molecular flexibility index (Phi) is 6.31. The van der Waals surface area contributed by atoms with Crippen molar-refractivity contribution in [2.75, 3.05) is 25.1 Å². The minimum atomic E-state index is -0.480. The zero-order chi connectivity index (χ0) is 16.7. The maximum atomic E-state index is 11.9. The van der Waals surface area contributed by atoms with Crippen LogP contribution in [-0.4, -0.2) is 48.1 Å². The molecule has 7 heteroatoms. The van der Waals surface area contributed by atoms with Crippen molar-refractivity contribution in [3.8, 4) is 0 Å². The van der Waals surface area contributed by atoms with Crippen LogP contribution in [-0.2, 0) is 14.3 Å². The molecule has 2 unspecified atom stereocenters. The lowest BCUT2D eigenvalue weighted by Gasteiger charge is -2.29. The number of nitrogens with one attached hydrogen (secondary N) is 1. The number of carbonyl (C=O) groups excluding carboxylic acids is 2. The Morgan fingerprint density at radius 2 is 2.00 bits per heavy atom. The van der Waals surface area contributed by atoms with Gasteiger partial charge in [0.1, 0.15) is 6.54 Å². The lowest BCUT2D eigenvalue weighted by atomic mass is 9.86. The first kappa shape index (κ1) is 17.2. The molecule has 1 aromatic rings. The fourth-order valence-electron chi connectivity index (χ4n) is 2.72. The van der Waals surface area contributed by atoms with Crippen molar-refractivity contribution in [2.45, 2.75) is 38.6 Å². The Bertz CT molecular complexity index is 523. The monoisotopic (exact) mass is 320 g/mol. The highest BCUT2D eigenvalue weighted by molar-refractivity contribution is 5.82. The number of carbonyl (C=O) groups is 2. The molecule has 1 saturated carbocycles. The first-order chi connectivity index (χ1) is 11.1. The minimum absolute atomic E-state index is 0.00285. The van der Waals surface area contributed by atoms with Gasteiger partial charge in [-0.05, 0) is 24.8 Å². The second kappa shape index (κ2) is 8.45. The molecule has 0 radical (unpaired) electrons. The average molecular weight is 320 g/mol. The van der Waals surface area contributed by atoms with Gasteiger partial charge >= 0.3 is 5.97 Å². The van der Waals surface area contributed by atoms with Gasteiger partial charge in [0.2, 0.25) is 5.95 Å². The largest absolute Gasteiger partial charge is 0.454 e. The predicted molar refractivity (Wildman–Crippen MR) is 85.8 cm³/mol. The number of amides is 1. The fraction of sp³-hybridized carbons (Fsp3) is 0.625. The normalized spacial score (nSPS) is 20.6. The topological polar surface area (TPSA) is 84.4 Å². The van der Waals surface area contributed by atoms with Crippen LogP contribution < -0.4 is 10.2 Å². The Labute approximate surface area is 136 Å². The summed E-state index contributed by atoms with van der Waals surface area (Å²) in [6.45, 7) is 1.90. The summed E-state index contributed by atoms with van der Waals surface area (Å²) in [6.07, 6.45) is 7.68. The SMILES string of the molecule is CC1CCCCC1NC(=O)COC(=O)CN(C)c1ncccn1. The van der Waals surface area contributed by atoms with Crippen LogP contribution in [0.4, 0.5) is 5.95 Å². The lowest BCUT2D eigenvalue weighted by Crippen LogP contribution is -2.43. The highest BCUT2D eigenvalue weighted by atomic mass is 16.5. The van der Waals surface area contributed by atoms with E-state index in [1.807, 2.05) is 0 Å². The van der Waals surface area contributed by atoms with Crippen LogP contribution in [0.5, 0.6) is 0 Å².